The van der Waals surface area contributed by atoms with Gasteiger partial charge in [-0.3, -0.25) is 9.59 Å². The Hall–Kier alpha value is -1.69. The summed E-state index contributed by atoms with van der Waals surface area (Å²) in [5.41, 5.74) is 1.09. The summed E-state index contributed by atoms with van der Waals surface area (Å²) in [5, 5.41) is 0. The molecule has 0 radical (unpaired) electrons. The molecular weight excluding hydrogens is 401 g/mol. The maximum Gasteiger partial charge on any atom is 0.261 e. The number of ether oxygens (including phenoxy) is 1. The lowest BCUT2D eigenvalue weighted by Gasteiger charge is -2.20. The van der Waals surface area contributed by atoms with E-state index in [-0.39, 0.29) is 23.6 Å². The maximum absolute atomic E-state index is 14.6. The number of halogens is 2. The van der Waals surface area contributed by atoms with Crippen LogP contribution in [0.1, 0.15) is 51.9 Å². The van der Waals surface area contributed by atoms with E-state index in [1.165, 1.54) is 12.1 Å². The highest BCUT2D eigenvalue weighted by Gasteiger charge is 2.41. The van der Waals surface area contributed by atoms with Gasteiger partial charge in [0.15, 0.2) is 0 Å². The summed E-state index contributed by atoms with van der Waals surface area (Å²) in [6.45, 7) is 2.19. The Labute approximate surface area is 160 Å². The van der Waals surface area contributed by atoms with E-state index in [1.807, 2.05) is 0 Å². The van der Waals surface area contributed by atoms with Crippen LogP contribution >= 0.6 is 15.9 Å². The van der Waals surface area contributed by atoms with E-state index in [0.29, 0.717) is 40.1 Å². The van der Waals surface area contributed by atoms with Crippen LogP contribution in [-0.2, 0) is 9.59 Å². The lowest BCUT2D eigenvalue weighted by Crippen LogP contribution is -2.32. The predicted molar refractivity (Wildman–Crippen MR) is 99.5 cm³/mol. The first-order valence-electron chi connectivity index (χ1n) is 9.22. The number of anilines is 1. The molecule has 0 N–H and O–H groups in total. The van der Waals surface area contributed by atoms with Gasteiger partial charge in [-0.15, -0.1) is 0 Å². The minimum Gasteiger partial charge on any atom is -0.489 e. The van der Waals surface area contributed by atoms with Crippen molar-refractivity contribution >= 4 is 33.4 Å². The van der Waals surface area contributed by atoms with Gasteiger partial charge in [-0.2, -0.15) is 0 Å². The molecule has 1 aliphatic heterocycles. The van der Waals surface area contributed by atoms with Gasteiger partial charge in [0, 0.05) is 17.2 Å². The molecule has 2 unspecified atom stereocenters. The molecule has 138 valence electrons. The molecule has 1 aromatic carbocycles. The number of hydrogen-bond donors (Lipinski definition) is 0. The molecule has 1 saturated carbocycles. The van der Waals surface area contributed by atoms with E-state index < -0.39 is 5.82 Å². The summed E-state index contributed by atoms with van der Waals surface area (Å²) in [4.78, 5) is 26.4. The molecule has 1 fully saturated rings. The van der Waals surface area contributed by atoms with Gasteiger partial charge < -0.3 is 4.74 Å². The number of carbonyl (C=O) groups is 2. The van der Waals surface area contributed by atoms with Gasteiger partial charge in [-0.1, -0.05) is 6.92 Å². The van der Waals surface area contributed by atoms with Crippen LogP contribution in [0.15, 0.2) is 27.8 Å². The van der Waals surface area contributed by atoms with E-state index in [1.54, 1.807) is 0 Å². The highest BCUT2D eigenvalue weighted by molar-refractivity contribution is 9.10. The van der Waals surface area contributed by atoms with Gasteiger partial charge in [0.1, 0.15) is 11.6 Å². The van der Waals surface area contributed by atoms with Crippen LogP contribution < -0.4 is 9.64 Å². The molecule has 26 heavy (non-hydrogen) atoms. The Morgan fingerprint density at radius 3 is 2.35 bits per heavy atom. The van der Waals surface area contributed by atoms with Gasteiger partial charge in [-0.25, -0.2) is 9.29 Å². The van der Waals surface area contributed by atoms with E-state index in [4.69, 9.17) is 4.74 Å². The molecule has 4 nitrogen and oxygen atoms in total. The van der Waals surface area contributed by atoms with Crippen molar-refractivity contribution in [1.82, 2.24) is 0 Å². The molecule has 6 heteroatoms. The minimum atomic E-state index is -0.606. The molecule has 2 atom stereocenters. The Bertz CT molecular complexity index is 792. The molecule has 0 aromatic heterocycles. The zero-order valence-corrected chi connectivity index (χ0v) is 16.3. The van der Waals surface area contributed by atoms with E-state index in [0.717, 1.165) is 37.0 Å². The lowest BCUT2D eigenvalue weighted by molar-refractivity contribution is -0.120. The van der Waals surface area contributed by atoms with Crippen molar-refractivity contribution in [2.75, 3.05) is 4.90 Å². The lowest BCUT2D eigenvalue weighted by atomic mass is 9.93. The fourth-order valence-corrected chi connectivity index (χ4v) is 4.59. The molecule has 0 bridgehead atoms. The van der Waals surface area contributed by atoms with Crippen molar-refractivity contribution in [3.8, 4) is 5.75 Å². The average molecular weight is 422 g/mol. The van der Waals surface area contributed by atoms with Crippen molar-refractivity contribution in [3.63, 3.8) is 0 Å². The van der Waals surface area contributed by atoms with Crippen LogP contribution in [0.3, 0.4) is 0 Å². The van der Waals surface area contributed by atoms with Crippen LogP contribution in [0.4, 0.5) is 10.1 Å². The fourth-order valence-electron chi connectivity index (χ4n) is 4.18. The van der Waals surface area contributed by atoms with Crippen LogP contribution in [0.5, 0.6) is 5.75 Å². The Balaban J connectivity index is 1.65. The second-order valence-electron chi connectivity index (χ2n) is 7.50. The maximum atomic E-state index is 14.6. The van der Waals surface area contributed by atoms with Gasteiger partial charge >= 0.3 is 0 Å². The second kappa shape index (κ2) is 6.80. The summed E-state index contributed by atoms with van der Waals surface area (Å²) < 4.78 is 21.2. The van der Waals surface area contributed by atoms with Crippen LogP contribution in [0, 0.1) is 11.7 Å². The third-order valence-corrected chi connectivity index (χ3v) is 6.19. The molecular formula is C20H21BrFNO3. The summed E-state index contributed by atoms with van der Waals surface area (Å²) in [7, 11) is 0. The molecule has 1 heterocycles. The van der Waals surface area contributed by atoms with E-state index in [9.17, 15) is 14.0 Å². The van der Waals surface area contributed by atoms with E-state index in [2.05, 4.69) is 22.9 Å². The number of carbonyl (C=O) groups excluding carboxylic acids is 2. The number of nitrogens with zero attached hydrogens (tertiary/aromatic N) is 1. The number of imide groups is 1. The van der Waals surface area contributed by atoms with Crippen molar-refractivity contribution in [2.45, 2.75) is 58.0 Å². The molecule has 2 amide bonds. The average Bonchev–Trinajstić information content (AvgIpc) is 3.13. The summed E-state index contributed by atoms with van der Waals surface area (Å²) in [6.07, 6.45) is 6.07. The quantitative estimate of drug-likeness (QED) is 0.651. The molecule has 1 aromatic rings. The third kappa shape index (κ3) is 2.98. The van der Waals surface area contributed by atoms with Crippen molar-refractivity contribution in [3.05, 3.63) is 33.6 Å². The number of amides is 2. The summed E-state index contributed by atoms with van der Waals surface area (Å²) >= 11 is 3.34. The monoisotopic (exact) mass is 421 g/mol. The molecule has 4 rings (SSSR count). The van der Waals surface area contributed by atoms with Crippen molar-refractivity contribution in [2.24, 2.45) is 5.92 Å². The second-order valence-corrected chi connectivity index (χ2v) is 8.36. The molecule has 0 saturated heterocycles. The molecule has 2 aliphatic carbocycles. The third-order valence-electron chi connectivity index (χ3n) is 5.57. The van der Waals surface area contributed by atoms with Gasteiger partial charge in [0.25, 0.3) is 11.8 Å². The minimum absolute atomic E-state index is 0.0151. The summed E-state index contributed by atoms with van der Waals surface area (Å²) in [6, 6.07) is 2.76. The fraction of sp³-hybridized carbons (Fsp3) is 0.500. The number of benzene rings is 1. The smallest absolute Gasteiger partial charge is 0.261 e. The normalized spacial score (nSPS) is 25.9. The van der Waals surface area contributed by atoms with E-state index >= 15 is 0 Å². The first kappa shape index (κ1) is 17.7. The molecule has 0 spiro atoms. The first-order chi connectivity index (χ1) is 12.5. The number of rotatable bonds is 3. The topological polar surface area (TPSA) is 46.6 Å². The Kier molecular flexibility index (Phi) is 4.63. The van der Waals surface area contributed by atoms with Gasteiger partial charge in [0.05, 0.1) is 16.3 Å². The van der Waals surface area contributed by atoms with Crippen LogP contribution in [0.2, 0.25) is 0 Å². The molecule has 3 aliphatic rings. The zero-order valence-electron chi connectivity index (χ0n) is 14.7. The predicted octanol–water partition coefficient (Wildman–Crippen LogP) is 4.90. The first-order valence-corrected chi connectivity index (χ1v) is 10.0. The highest BCUT2D eigenvalue weighted by Crippen LogP contribution is 2.40. The largest absolute Gasteiger partial charge is 0.489 e. The van der Waals surface area contributed by atoms with Crippen LogP contribution in [-0.4, -0.2) is 17.9 Å². The zero-order chi connectivity index (χ0) is 18.4. The van der Waals surface area contributed by atoms with Crippen molar-refractivity contribution < 1.29 is 18.7 Å². The summed E-state index contributed by atoms with van der Waals surface area (Å²) in [5.74, 6) is -0.286. The Morgan fingerprint density at radius 1 is 1.12 bits per heavy atom. The highest BCUT2D eigenvalue weighted by atomic mass is 79.9. The van der Waals surface area contributed by atoms with Crippen LogP contribution in [0.25, 0.3) is 0 Å². The van der Waals surface area contributed by atoms with Crippen molar-refractivity contribution in [1.29, 1.82) is 0 Å². The standard InChI is InChI=1S/C20H21BrFNO3/c1-11-6-7-12(8-11)26-18-10-17(16(22)9-15(18)21)23-19(24)13-4-2-3-5-14(13)20(23)25/h9-12H,2-8H2,1H3. The Morgan fingerprint density at radius 2 is 1.77 bits per heavy atom. The van der Waals surface area contributed by atoms with Gasteiger partial charge in [-0.05, 0) is 72.9 Å². The number of hydrogen-bond acceptors (Lipinski definition) is 3. The van der Waals surface area contributed by atoms with Gasteiger partial charge in [0.2, 0.25) is 0 Å². The SMILES string of the molecule is CC1CCC(Oc2cc(N3C(=O)C4=C(CCCC4)C3=O)c(F)cc2Br)C1.